The fourth-order valence-electron chi connectivity index (χ4n) is 3.59. The molecule has 3 rings (SSSR count). The summed E-state index contributed by atoms with van der Waals surface area (Å²) in [7, 11) is 1.97. The van der Waals surface area contributed by atoms with E-state index in [0.29, 0.717) is 6.61 Å². The first-order valence-electron chi connectivity index (χ1n) is 8.56. The van der Waals surface area contributed by atoms with E-state index in [1.165, 1.54) is 0 Å². The van der Waals surface area contributed by atoms with Gasteiger partial charge in [0.05, 0.1) is 23.8 Å². The van der Waals surface area contributed by atoms with Gasteiger partial charge in [0.1, 0.15) is 6.10 Å². The van der Waals surface area contributed by atoms with Crippen LogP contribution in [-0.4, -0.2) is 32.7 Å². The molecule has 24 heavy (non-hydrogen) atoms. The zero-order valence-corrected chi connectivity index (χ0v) is 14.9. The van der Waals surface area contributed by atoms with Crippen LogP contribution >= 0.6 is 0 Å². The van der Waals surface area contributed by atoms with E-state index in [2.05, 4.69) is 21.8 Å². The quantitative estimate of drug-likeness (QED) is 0.937. The molecule has 0 spiro atoms. The molecule has 130 valence electrons. The smallest absolute Gasteiger partial charge is 0.253 e. The van der Waals surface area contributed by atoms with Crippen molar-refractivity contribution in [2.75, 3.05) is 6.61 Å². The second-order valence-corrected chi connectivity index (χ2v) is 6.51. The van der Waals surface area contributed by atoms with Crippen LogP contribution in [0.25, 0.3) is 0 Å². The Morgan fingerprint density at radius 1 is 1.46 bits per heavy atom. The predicted octanol–water partition coefficient (Wildman–Crippen LogP) is 2.51. The van der Waals surface area contributed by atoms with Gasteiger partial charge in [0.15, 0.2) is 0 Å². The Kier molecular flexibility index (Phi) is 4.76. The van der Waals surface area contributed by atoms with Crippen molar-refractivity contribution in [2.45, 2.75) is 52.3 Å². The summed E-state index contributed by atoms with van der Waals surface area (Å²) in [5, 5.41) is 3.19. The first kappa shape index (κ1) is 16.8. The van der Waals surface area contributed by atoms with E-state index < -0.39 is 0 Å². The van der Waals surface area contributed by atoms with Crippen LogP contribution in [0.4, 0.5) is 0 Å². The number of aryl methyl sites for hydroxylation is 2. The molecule has 0 saturated carbocycles. The molecule has 0 aliphatic carbocycles. The van der Waals surface area contributed by atoms with Crippen LogP contribution < -0.4 is 5.32 Å². The van der Waals surface area contributed by atoms with Crippen molar-refractivity contribution in [2.24, 2.45) is 7.05 Å². The lowest BCUT2D eigenvalue weighted by Gasteiger charge is -2.30. The van der Waals surface area contributed by atoms with Gasteiger partial charge in [-0.3, -0.25) is 4.79 Å². The Hall–Kier alpha value is -2.08. The van der Waals surface area contributed by atoms with E-state index in [4.69, 9.17) is 4.74 Å². The molecule has 6 nitrogen and oxygen atoms in total. The van der Waals surface area contributed by atoms with Gasteiger partial charge in [0.2, 0.25) is 0 Å². The first-order valence-corrected chi connectivity index (χ1v) is 8.56. The molecule has 2 aromatic heterocycles. The molecule has 1 N–H and O–H groups in total. The van der Waals surface area contributed by atoms with E-state index in [1.807, 2.05) is 37.7 Å². The molecule has 0 unspecified atom stereocenters. The van der Waals surface area contributed by atoms with Gasteiger partial charge in [-0.1, -0.05) is 0 Å². The van der Waals surface area contributed by atoms with Crippen molar-refractivity contribution < 1.29 is 9.53 Å². The van der Waals surface area contributed by atoms with Crippen molar-refractivity contribution >= 4 is 5.91 Å². The Morgan fingerprint density at radius 2 is 2.25 bits per heavy atom. The normalized spacial score (nSPS) is 21.0. The summed E-state index contributed by atoms with van der Waals surface area (Å²) in [6.07, 6.45) is 5.22. The lowest BCUT2D eigenvalue weighted by molar-refractivity contribution is -0.00302. The summed E-state index contributed by atoms with van der Waals surface area (Å²) in [4.78, 5) is 16.8. The third-order valence-corrected chi connectivity index (χ3v) is 4.94. The predicted molar refractivity (Wildman–Crippen MR) is 92.0 cm³/mol. The highest BCUT2D eigenvalue weighted by molar-refractivity contribution is 5.95. The number of imidazole rings is 1. The SMILES string of the molecule is CCn1c(C)cc(C(=O)N[C@H]2CCO[C@@H](c3cncn3C)C2)c1C. The summed E-state index contributed by atoms with van der Waals surface area (Å²) in [5.74, 6) is 0.0125. The number of rotatable bonds is 4. The molecule has 6 heteroatoms. The summed E-state index contributed by atoms with van der Waals surface area (Å²) < 4.78 is 10.0. The number of aromatic nitrogens is 3. The first-order chi connectivity index (χ1) is 11.5. The molecule has 1 fully saturated rings. The van der Waals surface area contributed by atoms with Crippen molar-refractivity contribution in [1.82, 2.24) is 19.4 Å². The second kappa shape index (κ2) is 6.81. The van der Waals surface area contributed by atoms with E-state index in [0.717, 1.165) is 42.0 Å². The number of hydrogen-bond donors (Lipinski definition) is 1. The molecule has 1 amide bonds. The summed E-state index contributed by atoms with van der Waals surface area (Å²) in [6, 6.07) is 2.10. The van der Waals surface area contributed by atoms with E-state index in [9.17, 15) is 4.79 Å². The topological polar surface area (TPSA) is 61.1 Å². The van der Waals surface area contributed by atoms with Crippen molar-refractivity contribution in [3.05, 3.63) is 41.2 Å². The van der Waals surface area contributed by atoms with Gasteiger partial charge in [0, 0.05) is 37.6 Å². The number of carbonyl (C=O) groups excluding carboxylic acids is 1. The van der Waals surface area contributed by atoms with Gasteiger partial charge >= 0.3 is 0 Å². The number of carbonyl (C=O) groups is 1. The zero-order chi connectivity index (χ0) is 17.3. The average molecular weight is 330 g/mol. The third-order valence-electron chi connectivity index (χ3n) is 4.94. The lowest BCUT2D eigenvalue weighted by Crippen LogP contribution is -2.40. The van der Waals surface area contributed by atoms with Gasteiger partial charge in [-0.2, -0.15) is 0 Å². The molecule has 1 aliphatic heterocycles. The molecule has 0 aromatic carbocycles. The van der Waals surface area contributed by atoms with Crippen LogP contribution in [0.3, 0.4) is 0 Å². The van der Waals surface area contributed by atoms with Crippen LogP contribution in [0.15, 0.2) is 18.6 Å². The summed E-state index contributed by atoms with van der Waals surface area (Å²) in [5.41, 5.74) is 3.98. The standard InChI is InChI=1S/C18H26N4O2/c1-5-22-12(2)8-15(13(22)3)18(23)20-14-6-7-24-17(9-14)16-10-19-11-21(16)4/h8,10-11,14,17H,5-7,9H2,1-4H3,(H,20,23)/t14-,17+/m0/s1. The minimum Gasteiger partial charge on any atom is -0.372 e. The van der Waals surface area contributed by atoms with Crippen molar-refractivity contribution in [3.63, 3.8) is 0 Å². The molecular formula is C18H26N4O2. The van der Waals surface area contributed by atoms with Gasteiger partial charge in [0.25, 0.3) is 5.91 Å². The molecule has 1 aliphatic rings. The van der Waals surface area contributed by atoms with Gasteiger partial charge in [-0.15, -0.1) is 0 Å². The number of amides is 1. The number of hydrogen-bond acceptors (Lipinski definition) is 3. The fraction of sp³-hybridized carbons (Fsp3) is 0.556. The second-order valence-electron chi connectivity index (χ2n) is 6.51. The van der Waals surface area contributed by atoms with Gasteiger partial charge in [-0.25, -0.2) is 4.98 Å². The van der Waals surface area contributed by atoms with Crippen LogP contribution in [-0.2, 0) is 18.3 Å². The third kappa shape index (κ3) is 3.11. The fourth-order valence-corrected chi connectivity index (χ4v) is 3.59. The molecule has 3 heterocycles. The number of ether oxygens (including phenoxy) is 1. The Balaban J connectivity index is 1.69. The Bertz CT molecular complexity index is 731. The molecule has 0 radical (unpaired) electrons. The van der Waals surface area contributed by atoms with Gasteiger partial charge < -0.3 is 19.2 Å². The highest BCUT2D eigenvalue weighted by Gasteiger charge is 2.27. The molecule has 0 bridgehead atoms. The Labute approximate surface area is 142 Å². The maximum absolute atomic E-state index is 12.7. The van der Waals surface area contributed by atoms with Crippen LogP contribution in [0.5, 0.6) is 0 Å². The number of nitrogens with zero attached hydrogens (tertiary/aromatic N) is 3. The van der Waals surface area contributed by atoms with Crippen LogP contribution in [0, 0.1) is 13.8 Å². The Morgan fingerprint density at radius 3 is 2.88 bits per heavy atom. The van der Waals surface area contributed by atoms with Crippen molar-refractivity contribution in [3.8, 4) is 0 Å². The minimum absolute atomic E-state index is 0.0125. The average Bonchev–Trinajstić information content (AvgIpc) is 3.10. The lowest BCUT2D eigenvalue weighted by atomic mass is 10.0. The van der Waals surface area contributed by atoms with E-state index in [-0.39, 0.29) is 18.1 Å². The van der Waals surface area contributed by atoms with E-state index in [1.54, 1.807) is 6.33 Å². The summed E-state index contributed by atoms with van der Waals surface area (Å²) >= 11 is 0. The van der Waals surface area contributed by atoms with Gasteiger partial charge in [-0.05, 0) is 39.7 Å². The maximum Gasteiger partial charge on any atom is 0.253 e. The minimum atomic E-state index is -0.0142. The largest absolute Gasteiger partial charge is 0.372 e. The van der Waals surface area contributed by atoms with Crippen molar-refractivity contribution in [1.29, 1.82) is 0 Å². The highest BCUT2D eigenvalue weighted by atomic mass is 16.5. The van der Waals surface area contributed by atoms with Crippen LogP contribution in [0.1, 0.15) is 53.3 Å². The molecule has 2 atom stereocenters. The molecule has 2 aromatic rings. The summed E-state index contributed by atoms with van der Waals surface area (Å²) in [6.45, 7) is 7.67. The number of nitrogens with one attached hydrogen (secondary N) is 1. The van der Waals surface area contributed by atoms with Crippen LogP contribution in [0.2, 0.25) is 0 Å². The molecular weight excluding hydrogens is 304 g/mol. The zero-order valence-electron chi connectivity index (χ0n) is 14.9. The molecule has 1 saturated heterocycles. The monoisotopic (exact) mass is 330 g/mol. The highest BCUT2D eigenvalue weighted by Crippen LogP contribution is 2.28. The van der Waals surface area contributed by atoms with E-state index >= 15 is 0 Å². The maximum atomic E-state index is 12.7.